The predicted octanol–water partition coefficient (Wildman–Crippen LogP) is 0.424. The third kappa shape index (κ3) is 3.88. The minimum Gasteiger partial charge on any atom is -0.454 e. The van der Waals surface area contributed by atoms with E-state index in [0.717, 1.165) is 12.8 Å². The molecular formula is C16H23N3O5S. The van der Waals surface area contributed by atoms with Crippen molar-refractivity contribution in [1.82, 2.24) is 9.62 Å². The van der Waals surface area contributed by atoms with Crippen molar-refractivity contribution in [3.8, 4) is 11.5 Å². The van der Waals surface area contributed by atoms with Gasteiger partial charge in [0.25, 0.3) is 0 Å². The van der Waals surface area contributed by atoms with Crippen molar-refractivity contribution in [3.05, 3.63) is 18.2 Å². The van der Waals surface area contributed by atoms with Crippen LogP contribution >= 0.6 is 0 Å². The van der Waals surface area contributed by atoms with Gasteiger partial charge in [0.15, 0.2) is 11.5 Å². The van der Waals surface area contributed by atoms with Gasteiger partial charge in [-0.2, -0.15) is 4.31 Å². The first-order chi connectivity index (χ1) is 12.0. The molecule has 1 fully saturated rings. The Balaban J connectivity index is 1.77. The Morgan fingerprint density at radius 3 is 2.88 bits per heavy atom. The summed E-state index contributed by atoms with van der Waals surface area (Å²) in [6, 6.07) is 4.38. The van der Waals surface area contributed by atoms with Crippen molar-refractivity contribution in [2.45, 2.75) is 36.6 Å². The third-order valence-electron chi connectivity index (χ3n) is 4.43. The molecule has 2 aliphatic heterocycles. The van der Waals surface area contributed by atoms with E-state index < -0.39 is 10.0 Å². The highest BCUT2D eigenvalue weighted by atomic mass is 32.2. The maximum Gasteiger partial charge on any atom is 0.243 e. The molecule has 138 valence electrons. The van der Waals surface area contributed by atoms with Gasteiger partial charge in [-0.3, -0.25) is 4.79 Å². The second kappa shape index (κ2) is 7.59. The first-order valence-electron chi connectivity index (χ1n) is 8.40. The summed E-state index contributed by atoms with van der Waals surface area (Å²) in [5.74, 6) is 0.822. The molecule has 0 aromatic heterocycles. The Kier molecular flexibility index (Phi) is 5.45. The second-order valence-electron chi connectivity index (χ2n) is 6.12. The number of hydrogen-bond donors (Lipinski definition) is 2. The Morgan fingerprint density at radius 2 is 2.08 bits per heavy atom. The van der Waals surface area contributed by atoms with Gasteiger partial charge in [0.05, 0.1) is 4.90 Å². The fraction of sp³-hybridized carbons (Fsp3) is 0.562. The van der Waals surface area contributed by atoms with Crippen LogP contribution in [0.1, 0.15) is 25.7 Å². The molecule has 9 heteroatoms. The lowest BCUT2D eigenvalue weighted by molar-refractivity contribution is -0.121. The second-order valence-corrected chi connectivity index (χ2v) is 8.01. The van der Waals surface area contributed by atoms with Crippen molar-refractivity contribution in [2.24, 2.45) is 5.73 Å². The number of amides is 1. The van der Waals surface area contributed by atoms with E-state index in [1.54, 1.807) is 6.07 Å². The van der Waals surface area contributed by atoms with E-state index in [1.807, 2.05) is 0 Å². The van der Waals surface area contributed by atoms with Gasteiger partial charge in [0.2, 0.25) is 22.7 Å². The Morgan fingerprint density at radius 1 is 1.28 bits per heavy atom. The van der Waals surface area contributed by atoms with E-state index in [-0.39, 0.29) is 36.6 Å². The molecule has 1 aromatic rings. The molecule has 8 nitrogen and oxygen atoms in total. The minimum atomic E-state index is -3.67. The van der Waals surface area contributed by atoms with Crippen LogP contribution < -0.4 is 20.5 Å². The maximum absolute atomic E-state index is 13.1. The van der Waals surface area contributed by atoms with Crippen molar-refractivity contribution in [3.63, 3.8) is 0 Å². The highest BCUT2D eigenvalue weighted by molar-refractivity contribution is 7.89. The number of nitrogens with two attached hydrogens (primary N) is 1. The summed E-state index contributed by atoms with van der Waals surface area (Å²) in [5, 5.41) is 2.78. The lowest BCUT2D eigenvalue weighted by Gasteiger charge is -2.34. The summed E-state index contributed by atoms with van der Waals surface area (Å²) in [5.41, 5.74) is 5.37. The highest BCUT2D eigenvalue weighted by Gasteiger charge is 2.34. The molecule has 1 atom stereocenters. The van der Waals surface area contributed by atoms with Crippen LogP contribution in [-0.4, -0.2) is 51.1 Å². The van der Waals surface area contributed by atoms with Crippen molar-refractivity contribution in [1.29, 1.82) is 0 Å². The largest absolute Gasteiger partial charge is 0.454 e. The molecule has 1 saturated heterocycles. The highest BCUT2D eigenvalue weighted by Crippen LogP contribution is 2.35. The molecule has 0 radical (unpaired) electrons. The predicted molar refractivity (Wildman–Crippen MR) is 90.8 cm³/mol. The number of benzene rings is 1. The Bertz CT molecular complexity index is 737. The number of sulfonamides is 1. The number of fused-ring (bicyclic) bond motifs is 1. The summed E-state index contributed by atoms with van der Waals surface area (Å²) in [7, 11) is -3.67. The molecule has 2 heterocycles. The molecule has 1 unspecified atom stereocenters. The monoisotopic (exact) mass is 369 g/mol. The number of nitrogens with zero attached hydrogens (tertiary/aromatic N) is 1. The standard InChI is InChI=1S/C16H23N3O5S/c17-7-6-16(20)18-10-12-3-1-2-8-19(12)25(21,22)13-4-5-14-15(9-13)24-11-23-14/h4-5,9,12H,1-3,6-8,10-11,17H2,(H,18,20). The van der Waals surface area contributed by atoms with E-state index in [9.17, 15) is 13.2 Å². The van der Waals surface area contributed by atoms with E-state index in [2.05, 4.69) is 5.32 Å². The van der Waals surface area contributed by atoms with Crippen LogP contribution in [0.25, 0.3) is 0 Å². The molecule has 0 spiro atoms. The van der Waals surface area contributed by atoms with Gasteiger partial charge < -0.3 is 20.5 Å². The minimum absolute atomic E-state index is 0.0956. The molecule has 0 aliphatic carbocycles. The zero-order chi connectivity index (χ0) is 17.9. The number of piperidine rings is 1. The molecule has 1 amide bonds. The number of ether oxygens (including phenoxy) is 2. The lowest BCUT2D eigenvalue weighted by atomic mass is 10.1. The molecular weight excluding hydrogens is 346 g/mol. The number of carbonyl (C=O) groups is 1. The Hall–Kier alpha value is -1.84. The topological polar surface area (TPSA) is 111 Å². The van der Waals surface area contributed by atoms with Gasteiger partial charge in [-0.05, 0) is 25.0 Å². The molecule has 0 bridgehead atoms. The SMILES string of the molecule is NCCC(=O)NCC1CCCCN1S(=O)(=O)c1ccc2c(c1)OCO2. The van der Waals surface area contributed by atoms with Crippen molar-refractivity contribution < 1.29 is 22.7 Å². The maximum atomic E-state index is 13.1. The van der Waals surface area contributed by atoms with Crippen LogP contribution in [0.15, 0.2) is 23.1 Å². The normalized spacial score (nSPS) is 20.4. The average Bonchev–Trinajstić information content (AvgIpc) is 3.08. The first kappa shape index (κ1) is 18.0. The van der Waals surface area contributed by atoms with Crippen LogP contribution in [0, 0.1) is 0 Å². The van der Waals surface area contributed by atoms with Gasteiger partial charge in [-0.1, -0.05) is 6.42 Å². The molecule has 25 heavy (non-hydrogen) atoms. The van der Waals surface area contributed by atoms with Crippen LogP contribution in [-0.2, 0) is 14.8 Å². The van der Waals surface area contributed by atoms with Crippen LogP contribution in [0.5, 0.6) is 11.5 Å². The smallest absolute Gasteiger partial charge is 0.243 e. The van der Waals surface area contributed by atoms with Crippen LogP contribution in [0.4, 0.5) is 0 Å². The van der Waals surface area contributed by atoms with Gasteiger partial charge >= 0.3 is 0 Å². The fourth-order valence-electron chi connectivity index (χ4n) is 3.12. The summed E-state index contributed by atoms with van der Waals surface area (Å²) in [6.45, 7) is 1.10. The third-order valence-corrected chi connectivity index (χ3v) is 6.38. The fourth-order valence-corrected chi connectivity index (χ4v) is 4.83. The van der Waals surface area contributed by atoms with Crippen LogP contribution in [0.3, 0.4) is 0 Å². The summed E-state index contributed by atoms with van der Waals surface area (Å²) in [4.78, 5) is 11.8. The first-order valence-corrected chi connectivity index (χ1v) is 9.84. The van der Waals surface area contributed by atoms with Gasteiger partial charge in [-0.15, -0.1) is 0 Å². The zero-order valence-electron chi connectivity index (χ0n) is 13.9. The quantitative estimate of drug-likeness (QED) is 0.752. The van der Waals surface area contributed by atoms with Gasteiger partial charge in [-0.25, -0.2) is 8.42 Å². The molecule has 3 rings (SSSR count). The number of hydrogen-bond acceptors (Lipinski definition) is 6. The van der Waals surface area contributed by atoms with E-state index >= 15 is 0 Å². The summed E-state index contributed by atoms with van der Waals surface area (Å²) in [6.07, 6.45) is 2.69. The summed E-state index contributed by atoms with van der Waals surface area (Å²) < 4.78 is 38.1. The van der Waals surface area contributed by atoms with E-state index in [0.29, 0.717) is 31.0 Å². The average molecular weight is 369 g/mol. The molecule has 3 N–H and O–H groups in total. The molecule has 2 aliphatic rings. The molecule has 1 aromatic carbocycles. The Labute approximate surface area is 147 Å². The number of rotatable bonds is 6. The summed E-state index contributed by atoms with van der Waals surface area (Å²) >= 11 is 0. The van der Waals surface area contributed by atoms with E-state index in [4.69, 9.17) is 15.2 Å². The number of carbonyl (C=O) groups excluding carboxylic acids is 1. The molecule has 0 saturated carbocycles. The lowest BCUT2D eigenvalue weighted by Crippen LogP contribution is -2.49. The van der Waals surface area contributed by atoms with E-state index in [1.165, 1.54) is 16.4 Å². The van der Waals surface area contributed by atoms with Crippen LogP contribution in [0.2, 0.25) is 0 Å². The number of nitrogens with one attached hydrogen (secondary N) is 1. The van der Waals surface area contributed by atoms with Gasteiger partial charge in [0, 0.05) is 38.2 Å². The van der Waals surface area contributed by atoms with Crippen molar-refractivity contribution in [2.75, 3.05) is 26.4 Å². The zero-order valence-corrected chi connectivity index (χ0v) is 14.8. The van der Waals surface area contributed by atoms with Gasteiger partial charge in [0.1, 0.15) is 0 Å². The van der Waals surface area contributed by atoms with Crippen molar-refractivity contribution >= 4 is 15.9 Å².